The fourth-order valence-electron chi connectivity index (χ4n) is 9.66. The Morgan fingerprint density at radius 2 is 1.74 bits per heavy atom. The zero-order valence-corrected chi connectivity index (χ0v) is 46.1. The Kier molecular flexibility index (Phi) is 21.7. The number of piperidine rings is 1. The highest BCUT2D eigenvalue weighted by Crippen LogP contribution is 2.42. The van der Waals surface area contributed by atoms with Crippen molar-refractivity contribution in [2.75, 3.05) is 54.5 Å². The topological polar surface area (TPSA) is 154 Å². The quantitative estimate of drug-likeness (QED) is 0.172. The second-order valence-corrected chi connectivity index (χ2v) is 20.0. The van der Waals surface area contributed by atoms with E-state index in [1.165, 1.54) is 21.2 Å². The molecule has 6 bridgehead atoms. The van der Waals surface area contributed by atoms with Crippen molar-refractivity contribution in [1.82, 2.24) is 45.0 Å². The predicted octanol–water partition coefficient (Wildman–Crippen LogP) is 6.76. The van der Waals surface area contributed by atoms with Crippen LogP contribution in [-0.2, 0) is 43.2 Å². The van der Waals surface area contributed by atoms with E-state index in [1.807, 2.05) is 37.1 Å². The summed E-state index contributed by atoms with van der Waals surface area (Å²) in [6.07, 6.45) is 5.02. The van der Waals surface area contributed by atoms with E-state index in [4.69, 9.17) is 19.4 Å². The summed E-state index contributed by atoms with van der Waals surface area (Å²) < 4.78 is 14.3. The van der Waals surface area contributed by atoms with E-state index in [-0.39, 0.29) is 91.0 Å². The number of amides is 4. The van der Waals surface area contributed by atoms with E-state index in [1.54, 1.807) is 20.4 Å². The number of carbonyl (C=O) groups excluding carboxylic acids is 4. The molecule has 2 N–H and O–H groups in total. The lowest BCUT2D eigenvalue weighted by atomic mass is 9.84. The van der Waals surface area contributed by atoms with Crippen LogP contribution in [0.25, 0.3) is 33.4 Å². The molecule has 3 aliphatic rings. The van der Waals surface area contributed by atoms with E-state index in [0.29, 0.717) is 56.5 Å². The maximum Gasteiger partial charge on any atom is 0.324 e. The third kappa shape index (κ3) is 12.7. The first kappa shape index (κ1) is 58.8. The highest BCUT2D eigenvalue weighted by atomic mass is 32.1. The van der Waals surface area contributed by atoms with E-state index < -0.39 is 35.4 Å². The van der Waals surface area contributed by atoms with Crippen LogP contribution in [0.3, 0.4) is 0 Å². The Hall–Kier alpha value is -3.50. The van der Waals surface area contributed by atoms with Gasteiger partial charge in [0.05, 0.1) is 34.8 Å². The molecule has 68 heavy (non-hydrogen) atoms. The third-order valence-corrected chi connectivity index (χ3v) is 14.1. The summed E-state index contributed by atoms with van der Waals surface area (Å²) >= 11 is 1.43. The Balaban J connectivity index is 0.00000306. The predicted molar refractivity (Wildman–Crippen MR) is 291 cm³/mol. The molecule has 4 atom stereocenters. The van der Waals surface area contributed by atoms with Crippen LogP contribution in [0.1, 0.15) is 89.6 Å². The molecule has 1 aromatic carbocycles. The van der Waals surface area contributed by atoms with Gasteiger partial charge < -0.3 is 34.1 Å². The molecule has 15 nitrogen and oxygen atoms in total. The van der Waals surface area contributed by atoms with Gasteiger partial charge in [-0.3, -0.25) is 24.4 Å². The van der Waals surface area contributed by atoms with E-state index >= 15 is 0 Å². The van der Waals surface area contributed by atoms with Crippen LogP contribution in [0.5, 0.6) is 0 Å². The van der Waals surface area contributed by atoms with Crippen molar-refractivity contribution in [3.8, 4) is 22.5 Å². The normalized spacial score (nSPS) is 19.6. The number of ether oxygens (including phenoxy) is 2. The van der Waals surface area contributed by atoms with Gasteiger partial charge >= 0.3 is 12.0 Å². The van der Waals surface area contributed by atoms with Crippen molar-refractivity contribution in [2.45, 2.75) is 117 Å². The molecular weight excluding hydrogens is 959 g/mol. The first-order valence-electron chi connectivity index (χ1n) is 22.8. The zero-order chi connectivity index (χ0) is 46.0. The Labute approximate surface area is 434 Å². The van der Waals surface area contributed by atoms with Crippen LogP contribution in [-0.4, -0.2) is 137 Å². The SMILES string of the molecule is CCn1c(-c2cccnc2[C@H](C)OC)c2c3cc(ccc31)-c1csc(n1)C[C@H](NC(=O)[C@H](C(C)C)N(C)C(=O)N1CCC(N(C)C)CC1)C(=O)N1CCC[C@H](N1)C(=O)OCC(C)(C)C2.S.S.S.S. The number of cyclic esters (lactones) is 1. The molecule has 378 valence electrons. The number of aromatic nitrogens is 3. The van der Waals surface area contributed by atoms with Crippen molar-refractivity contribution in [3.63, 3.8) is 0 Å². The smallest absolute Gasteiger partial charge is 0.324 e. The van der Waals surface area contributed by atoms with Crippen molar-refractivity contribution in [2.24, 2.45) is 11.3 Å². The molecule has 0 saturated carbocycles. The van der Waals surface area contributed by atoms with Crippen LogP contribution in [0.4, 0.5) is 4.79 Å². The number of benzene rings is 1. The van der Waals surface area contributed by atoms with Gasteiger partial charge in [0.1, 0.15) is 18.1 Å². The van der Waals surface area contributed by atoms with E-state index in [0.717, 1.165) is 57.5 Å². The summed E-state index contributed by atoms with van der Waals surface area (Å²) in [5.74, 6) is -1.49. The first-order chi connectivity index (χ1) is 30.5. The maximum absolute atomic E-state index is 14.6. The maximum atomic E-state index is 14.6. The molecule has 7 rings (SSSR count). The minimum Gasteiger partial charge on any atom is -0.464 e. The van der Waals surface area contributed by atoms with Crippen LogP contribution >= 0.6 is 65.3 Å². The molecule has 0 unspecified atom stereocenters. The number of urea groups is 1. The number of thiazole rings is 1. The summed E-state index contributed by atoms with van der Waals surface area (Å²) in [5, 5.41) is 8.24. The number of hydrogen-bond acceptors (Lipinski definition) is 11. The highest BCUT2D eigenvalue weighted by molar-refractivity contribution is 7.59. The second-order valence-electron chi connectivity index (χ2n) is 19.0. The van der Waals surface area contributed by atoms with Gasteiger partial charge in [0.15, 0.2) is 0 Å². The number of methoxy groups -OCH3 is 1. The van der Waals surface area contributed by atoms with Gasteiger partial charge in [0.2, 0.25) is 5.91 Å². The van der Waals surface area contributed by atoms with Crippen molar-refractivity contribution >= 4 is 100 Å². The molecule has 3 aromatic heterocycles. The minimum atomic E-state index is -1.04. The molecule has 0 spiro atoms. The minimum absolute atomic E-state index is 0. The first-order valence-corrected chi connectivity index (χ1v) is 23.7. The molecule has 0 aliphatic carbocycles. The number of nitrogens with zero attached hydrogens (tertiary/aromatic N) is 7. The average Bonchev–Trinajstić information content (AvgIpc) is 3.88. The number of esters is 1. The average molecular weight is 1030 g/mol. The summed E-state index contributed by atoms with van der Waals surface area (Å²) in [6.45, 7) is 14.6. The van der Waals surface area contributed by atoms with Gasteiger partial charge in [-0.25, -0.2) is 15.2 Å². The molecule has 0 radical (unpaired) electrons. The number of likely N-dealkylation sites (tertiary alicyclic amines) is 1. The summed E-state index contributed by atoms with van der Waals surface area (Å²) in [5.41, 5.74) is 9.41. The number of hydrazine groups is 1. The Morgan fingerprint density at radius 3 is 2.38 bits per heavy atom. The largest absolute Gasteiger partial charge is 0.464 e. The number of likely N-dealkylation sites (N-methyl/N-ethyl adjacent to an activating group) is 1. The lowest BCUT2D eigenvalue weighted by Gasteiger charge is -2.40. The van der Waals surface area contributed by atoms with Gasteiger partial charge in [-0.15, -0.1) is 11.3 Å². The molecule has 20 heteroatoms. The standard InChI is InChI=1S/C48H67N9O6S.4H2S/c1-11-56-39-17-16-31-24-34(39)35(43(56)33-14-12-20-49-41(33)30(4)62-10)26-48(5,6)28-63-46(60)36-15-13-21-57(52-36)45(59)37(25-40-50-38(31)27-64-40)51-44(58)42(29(2)3)54(9)47(61)55-22-18-32(19-23-55)53(7)8;;;;/h12,14,16-17,20,24,27,29-30,32,36-37,42,52H,11,13,15,18-19,21-23,25-26,28H2,1-10H3,(H,51,58);4*1H2/t30-,36-,37-,42-;;;;/m0..../s1. The summed E-state index contributed by atoms with van der Waals surface area (Å²) in [7, 11) is 7.48. The summed E-state index contributed by atoms with van der Waals surface area (Å²) in [4.78, 5) is 72.3. The van der Waals surface area contributed by atoms with Gasteiger partial charge in [-0.2, -0.15) is 54.0 Å². The second kappa shape index (κ2) is 25.1. The molecule has 2 fully saturated rings. The molecule has 3 aliphatic heterocycles. The fourth-order valence-corrected chi connectivity index (χ4v) is 10.5. The number of hydrogen-bond donors (Lipinski definition) is 2. The molecule has 2 saturated heterocycles. The molecule has 4 amide bonds. The van der Waals surface area contributed by atoms with E-state index in [9.17, 15) is 19.2 Å². The van der Waals surface area contributed by atoms with Crippen LogP contribution in [0.2, 0.25) is 0 Å². The Bertz CT molecular complexity index is 2350. The van der Waals surface area contributed by atoms with Crippen LogP contribution in [0.15, 0.2) is 41.9 Å². The number of nitrogens with one attached hydrogen (secondary N) is 2. The third-order valence-electron chi connectivity index (χ3n) is 13.2. The lowest BCUT2D eigenvalue weighted by molar-refractivity contribution is -0.155. The zero-order valence-electron chi connectivity index (χ0n) is 41.3. The van der Waals surface area contributed by atoms with Crippen molar-refractivity contribution in [1.29, 1.82) is 0 Å². The molecule has 4 aromatic rings. The van der Waals surface area contributed by atoms with Crippen LogP contribution in [0, 0.1) is 11.3 Å². The van der Waals surface area contributed by atoms with E-state index in [2.05, 4.69) is 79.3 Å². The number of pyridine rings is 1. The lowest BCUT2D eigenvalue weighted by Crippen LogP contribution is -2.62. The highest BCUT2D eigenvalue weighted by Gasteiger charge is 2.39. The Morgan fingerprint density at radius 1 is 1.03 bits per heavy atom. The summed E-state index contributed by atoms with van der Waals surface area (Å²) in [6, 6.07) is 8.03. The number of rotatable bonds is 9. The van der Waals surface area contributed by atoms with Gasteiger partial charge in [-0.1, -0.05) is 33.8 Å². The number of aryl methyl sites for hydroxylation is 1. The monoisotopic (exact) mass is 1030 g/mol. The molecular formula is C48H75N9O6S5. The van der Waals surface area contributed by atoms with Gasteiger partial charge in [0, 0.05) is 91.8 Å². The molecule has 6 heterocycles. The van der Waals surface area contributed by atoms with Gasteiger partial charge in [0.25, 0.3) is 5.91 Å². The number of carbonyl (C=O) groups is 4. The number of fused-ring (bicyclic) bond motifs is 6. The van der Waals surface area contributed by atoms with Crippen molar-refractivity contribution < 1.29 is 28.7 Å². The van der Waals surface area contributed by atoms with Crippen molar-refractivity contribution in [3.05, 3.63) is 58.2 Å². The van der Waals surface area contributed by atoms with Crippen LogP contribution < -0.4 is 10.7 Å². The fraction of sp³-hybridized carbons (Fsp3) is 0.583. The van der Waals surface area contributed by atoms with Gasteiger partial charge in [-0.05, 0) is 95.8 Å².